The largest absolute Gasteiger partial charge is 0.339 e. The molecular weight excluding hydrogens is 252 g/mol. The van der Waals surface area contributed by atoms with Crippen LogP contribution in [0.15, 0.2) is 4.52 Å². The van der Waals surface area contributed by atoms with E-state index in [1.807, 2.05) is 0 Å². The Morgan fingerprint density at radius 3 is 2.70 bits per heavy atom. The maximum absolute atomic E-state index is 6.18. The molecule has 1 aliphatic heterocycles. The van der Waals surface area contributed by atoms with Gasteiger partial charge in [0.1, 0.15) is 0 Å². The molecule has 1 aromatic rings. The van der Waals surface area contributed by atoms with Crippen LogP contribution in [0.2, 0.25) is 0 Å². The van der Waals surface area contributed by atoms with Gasteiger partial charge in [0.25, 0.3) is 0 Å². The average Bonchev–Trinajstić information content (AvgIpc) is 3.19. The minimum atomic E-state index is -0.114. The first-order valence-corrected chi connectivity index (χ1v) is 8.11. The van der Waals surface area contributed by atoms with E-state index in [2.05, 4.69) is 15.0 Å². The number of rotatable bonds is 6. The molecule has 112 valence electrons. The fourth-order valence-electron chi connectivity index (χ4n) is 3.47. The molecule has 1 saturated heterocycles. The number of aromatic nitrogens is 2. The number of likely N-dealkylation sites (tertiary alicyclic amines) is 1. The van der Waals surface area contributed by atoms with Crippen LogP contribution in [0.1, 0.15) is 62.7 Å². The molecule has 1 saturated carbocycles. The summed E-state index contributed by atoms with van der Waals surface area (Å²) >= 11 is 0. The Hall–Kier alpha value is -0.940. The highest BCUT2D eigenvalue weighted by Gasteiger charge is 2.21. The van der Waals surface area contributed by atoms with Gasteiger partial charge in [-0.15, -0.1) is 0 Å². The summed E-state index contributed by atoms with van der Waals surface area (Å²) in [4.78, 5) is 6.87. The van der Waals surface area contributed by atoms with Gasteiger partial charge >= 0.3 is 0 Å². The average molecular weight is 278 g/mol. The third-order valence-electron chi connectivity index (χ3n) is 4.71. The van der Waals surface area contributed by atoms with Crippen molar-refractivity contribution in [3.63, 3.8) is 0 Å². The summed E-state index contributed by atoms with van der Waals surface area (Å²) in [5.74, 6) is 2.31. The quantitative estimate of drug-likeness (QED) is 0.864. The maximum atomic E-state index is 6.18. The van der Waals surface area contributed by atoms with Crippen LogP contribution in [-0.2, 0) is 6.42 Å². The van der Waals surface area contributed by atoms with Gasteiger partial charge in [0.2, 0.25) is 5.89 Å². The third kappa shape index (κ3) is 3.58. The molecule has 0 spiro atoms. The SMILES string of the molecule is NC(CN1CCCC1)c1noc(CCC2CCCC2)n1. The summed E-state index contributed by atoms with van der Waals surface area (Å²) in [6, 6.07) is -0.114. The van der Waals surface area contributed by atoms with Gasteiger partial charge < -0.3 is 15.2 Å². The number of hydrogen-bond donors (Lipinski definition) is 1. The molecule has 20 heavy (non-hydrogen) atoms. The minimum absolute atomic E-state index is 0.114. The second kappa shape index (κ2) is 6.68. The first kappa shape index (κ1) is 14.0. The normalized spacial score (nSPS) is 22.6. The van der Waals surface area contributed by atoms with E-state index in [9.17, 15) is 0 Å². The zero-order valence-electron chi connectivity index (χ0n) is 12.3. The van der Waals surface area contributed by atoms with Crippen LogP contribution in [0.3, 0.4) is 0 Å². The Kier molecular flexibility index (Phi) is 4.68. The Balaban J connectivity index is 1.47. The molecule has 1 unspecified atom stereocenters. The summed E-state index contributed by atoms with van der Waals surface area (Å²) in [6.45, 7) is 3.15. The summed E-state index contributed by atoms with van der Waals surface area (Å²) in [6.07, 6.45) is 10.2. The molecule has 5 heteroatoms. The van der Waals surface area contributed by atoms with Gasteiger partial charge in [-0.05, 0) is 38.3 Å². The lowest BCUT2D eigenvalue weighted by Gasteiger charge is -2.17. The monoisotopic (exact) mass is 278 g/mol. The van der Waals surface area contributed by atoms with Crippen LogP contribution in [0.4, 0.5) is 0 Å². The molecule has 2 N–H and O–H groups in total. The van der Waals surface area contributed by atoms with Crippen LogP contribution in [0, 0.1) is 5.92 Å². The molecule has 5 nitrogen and oxygen atoms in total. The predicted octanol–water partition coefficient (Wildman–Crippen LogP) is 2.29. The van der Waals surface area contributed by atoms with Crippen LogP contribution in [-0.4, -0.2) is 34.7 Å². The molecule has 0 bridgehead atoms. The zero-order valence-corrected chi connectivity index (χ0v) is 12.3. The maximum Gasteiger partial charge on any atom is 0.226 e. The van der Waals surface area contributed by atoms with E-state index in [-0.39, 0.29) is 6.04 Å². The Bertz CT molecular complexity index is 408. The molecule has 2 aliphatic rings. The van der Waals surface area contributed by atoms with Crippen molar-refractivity contribution in [1.29, 1.82) is 0 Å². The van der Waals surface area contributed by atoms with Crippen molar-refractivity contribution in [3.05, 3.63) is 11.7 Å². The molecule has 1 aromatic heterocycles. The standard InChI is InChI=1S/C15H26N4O/c16-13(11-19-9-3-4-10-19)15-17-14(20-18-15)8-7-12-5-1-2-6-12/h12-13H,1-11,16H2. The lowest BCUT2D eigenvalue weighted by atomic mass is 10.0. The second-order valence-electron chi connectivity index (χ2n) is 6.35. The van der Waals surface area contributed by atoms with Gasteiger partial charge in [-0.1, -0.05) is 30.8 Å². The predicted molar refractivity (Wildman–Crippen MR) is 77.2 cm³/mol. The molecule has 0 amide bonds. The fraction of sp³-hybridized carbons (Fsp3) is 0.867. The van der Waals surface area contributed by atoms with E-state index in [0.29, 0.717) is 5.82 Å². The highest BCUT2D eigenvalue weighted by Crippen LogP contribution is 2.28. The van der Waals surface area contributed by atoms with E-state index < -0.39 is 0 Å². The van der Waals surface area contributed by atoms with Gasteiger partial charge in [-0.3, -0.25) is 0 Å². The number of aryl methyl sites for hydroxylation is 1. The minimum Gasteiger partial charge on any atom is -0.339 e. The zero-order chi connectivity index (χ0) is 13.8. The smallest absolute Gasteiger partial charge is 0.226 e. The number of hydrogen-bond acceptors (Lipinski definition) is 5. The number of nitrogens with two attached hydrogens (primary N) is 1. The molecule has 0 radical (unpaired) electrons. The highest BCUT2D eigenvalue weighted by molar-refractivity contribution is 4.95. The number of nitrogens with zero attached hydrogens (tertiary/aromatic N) is 3. The van der Waals surface area contributed by atoms with E-state index in [1.165, 1.54) is 44.9 Å². The van der Waals surface area contributed by atoms with E-state index in [0.717, 1.165) is 37.9 Å². The summed E-state index contributed by atoms with van der Waals surface area (Å²) in [5.41, 5.74) is 6.18. The lowest BCUT2D eigenvalue weighted by molar-refractivity contribution is 0.304. The van der Waals surface area contributed by atoms with Crippen LogP contribution < -0.4 is 5.73 Å². The van der Waals surface area contributed by atoms with Crippen molar-refractivity contribution in [2.45, 2.75) is 57.4 Å². The van der Waals surface area contributed by atoms with E-state index in [4.69, 9.17) is 10.3 Å². The summed E-state index contributed by atoms with van der Waals surface area (Å²) in [5, 5.41) is 4.07. The van der Waals surface area contributed by atoms with Gasteiger partial charge in [0, 0.05) is 13.0 Å². The van der Waals surface area contributed by atoms with E-state index >= 15 is 0 Å². The molecule has 3 rings (SSSR count). The lowest BCUT2D eigenvalue weighted by Crippen LogP contribution is -2.30. The molecule has 2 fully saturated rings. The van der Waals surface area contributed by atoms with Crippen LogP contribution >= 0.6 is 0 Å². The van der Waals surface area contributed by atoms with Crippen molar-refractivity contribution in [1.82, 2.24) is 15.0 Å². The van der Waals surface area contributed by atoms with Crippen molar-refractivity contribution in [2.75, 3.05) is 19.6 Å². The van der Waals surface area contributed by atoms with Crippen molar-refractivity contribution in [2.24, 2.45) is 11.7 Å². The Morgan fingerprint density at radius 1 is 1.20 bits per heavy atom. The Labute approximate surface area is 120 Å². The first-order valence-electron chi connectivity index (χ1n) is 8.11. The molecular formula is C15H26N4O. The second-order valence-corrected chi connectivity index (χ2v) is 6.35. The molecule has 2 heterocycles. The summed E-state index contributed by atoms with van der Waals surface area (Å²) < 4.78 is 5.35. The Morgan fingerprint density at radius 2 is 1.95 bits per heavy atom. The van der Waals surface area contributed by atoms with Gasteiger partial charge in [-0.2, -0.15) is 4.98 Å². The fourth-order valence-corrected chi connectivity index (χ4v) is 3.47. The highest BCUT2D eigenvalue weighted by atomic mass is 16.5. The van der Waals surface area contributed by atoms with Gasteiger partial charge in [0.05, 0.1) is 6.04 Å². The van der Waals surface area contributed by atoms with Gasteiger partial charge in [-0.25, -0.2) is 0 Å². The first-order chi connectivity index (χ1) is 9.81. The van der Waals surface area contributed by atoms with Crippen LogP contribution in [0.5, 0.6) is 0 Å². The van der Waals surface area contributed by atoms with Crippen molar-refractivity contribution < 1.29 is 4.52 Å². The van der Waals surface area contributed by atoms with Gasteiger partial charge in [0.15, 0.2) is 5.82 Å². The molecule has 1 aliphatic carbocycles. The van der Waals surface area contributed by atoms with Crippen molar-refractivity contribution in [3.8, 4) is 0 Å². The molecule has 1 atom stereocenters. The third-order valence-corrected chi connectivity index (χ3v) is 4.71. The van der Waals surface area contributed by atoms with E-state index in [1.54, 1.807) is 0 Å². The summed E-state index contributed by atoms with van der Waals surface area (Å²) in [7, 11) is 0. The van der Waals surface area contributed by atoms with Crippen LogP contribution in [0.25, 0.3) is 0 Å². The topological polar surface area (TPSA) is 68.2 Å². The van der Waals surface area contributed by atoms with Crippen molar-refractivity contribution >= 4 is 0 Å². The molecule has 0 aromatic carbocycles.